The van der Waals surface area contributed by atoms with Crippen LogP contribution >= 0.6 is 0 Å². The molecular formula is C24H31FO. The van der Waals surface area contributed by atoms with Gasteiger partial charge in [-0.3, -0.25) is 0 Å². The maximum Gasteiger partial charge on any atom is 0.123 e. The van der Waals surface area contributed by atoms with Crippen molar-refractivity contribution in [2.24, 2.45) is 11.8 Å². The highest BCUT2D eigenvalue weighted by Gasteiger charge is 2.23. The Morgan fingerprint density at radius 1 is 0.846 bits per heavy atom. The van der Waals surface area contributed by atoms with Crippen LogP contribution < -0.4 is 4.74 Å². The number of hydrogen-bond donors (Lipinski definition) is 0. The standard InChI is InChI=1S/C24H31FO/c1-2-6-19-7-3-4-8-20(19)9-5-18-26-24-16-12-22(13-17-24)21-10-14-23(25)15-11-21/h10-17,19-20H,2-9,18H2,1H3. The van der Waals surface area contributed by atoms with Crippen LogP contribution in [0.4, 0.5) is 4.39 Å². The topological polar surface area (TPSA) is 9.23 Å². The second kappa shape index (κ2) is 9.75. The van der Waals surface area contributed by atoms with Crippen molar-refractivity contribution < 1.29 is 9.13 Å². The van der Waals surface area contributed by atoms with Crippen molar-refractivity contribution in [1.29, 1.82) is 0 Å². The molecule has 0 amide bonds. The van der Waals surface area contributed by atoms with Crippen molar-refractivity contribution in [2.75, 3.05) is 6.61 Å². The second-order valence-electron chi connectivity index (χ2n) is 7.62. The van der Waals surface area contributed by atoms with E-state index in [1.807, 2.05) is 36.4 Å². The van der Waals surface area contributed by atoms with Crippen LogP contribution in [-0.4, -0.2) is 6.61 Å². The molecule has 0 saturated heterocycles. The summed E-state index contributed by atoms with van der Waals surface area (Å²) in [5.74, 6) is 2.58. The van der Waals surface area contributed by atoms with Crippen LogP contribution in [0.5, 0.6) is 5.75 Å². The Balaban J connectivity index is 1.44. The first-order valence-electron chi connectivity index (χ1n) is 10.2. The fraction of sp³-hybridized carbons (Fsp3) is 0.500. The average molecular weight is 355 g/mol. The summed E-state index contributed by atoms with van der Waals surface area (Å²) in [6.07, 6.45) is 10.9. The quantitative estimate of drug-likeness (QED) is 0.453. The lowest BCUT2D eigenvalue weighted by Gasteiger charge is -2.31. The van der Waals surface area contributed by atoms with Crippen molar-refractivity contribution in [3.63, 3.8) is 0 Å². The highest BCUT2D eigenvalue weighted by Crippen LogP contribution is 2.36. The highest BCUT2D eigenvalue weighted by atomic mass is 19.1. The lowest BCUT2D eigenvalue weighted by atomic mass is 9.75. The first kappa shape index (κ1) is 18.9. The first-order chi connectivity index (χ1) is 12.8. The third-order valence-electron chi connectivity index (χ3n) is 5.75. The van der Waals surface area contributed by atoms with E-state index in [9.17, 15) is 4.39 Å². The van der Waals surface area contributed by atoms with Crippen molar-refractivity contribution in [3.05, 3.63) is 54.3 Å². The van der Waals surface area contributed by atoms with E-state index in [2.05, 4.69) is 6.92 Å². The van der Waals surface area contributed by atoms with Crippen LogP contribution in [0.2, 0.25) is 0 Å². The predicted octanol–water partition coefficient (Wildman–Crippen LogP) is 7.26. The van der Waals surface area contributed by atoms with E-state index in [-0.39, 0.29) is 5.82 Å². The molecular weight excluding hydrogens is 323 g/mol. The van der Waals surface area contributed by atoms with Gasteiger partial charge in [0.1, 0.15) is 11.6 Å². The molecule has 0 aliphatic heterocycles. The van der Waals surface area contributed by atoms with Crippen LogP contribution in [-0.2, 0) is 0 Å². The van der Waals surface area contributed by atoms with Gasteiger partial charge >= 0.3 is 0 Å². The molecule has 2 heteroatoms. The highest BCUT2D eigenvalue weighted by molar-refractivity contribution is 5.63. The Morgan fingerprint density at radius 3 is 2.04 bits per heavy atom. The summed E-state index contributed by atoms with van der Waals surface area (Å²) >= 11 is 0. The van der Waals surface area contributed by atoms with Gasteiger partial charge in [-0.1, -0.05) is 69.7 Å². The van der Waals surface area contributed by atoms with Gasteiger partial charge in [0.15, 0.2) is 0 Å². The van der Waals surface area contributed by atoms with E-state index in [0.29, 0.717) is 0 Å². The van der Waals surface area contributed by atoms with Crippen LogP contribution in [0.25, 0.3) is 11.1 Å². The third kappa shape index (κ3) is 5.33. The van der Waals surface area contributed by atoms with E-state index < -0.39 is 0 Å². The number of hydrogen-bond acceptors (Lipinski definition) is 1. The number of ether oxygens (including phenoxy) is 1. The zero-order valence-electron chi connectivity index (χ0n) is 15.9. The van der Waals surface area contributed by atoms with Crippen molar-refractivity contribution in [2.45, 2.75) is 58.3 Å². The number of halogens is 1. The molecule has 0 radical (unpaired) electrons. The fourth-order valence-corrected chi connectivity index (χ4v) is 4.34. The largest absolute Gasteiger partial charge is 0.494 e. The monoisotopic (exact) mass is 354 g/mol. The Hall–Kier alpha value is -1.83. The third-order valence-corrected chi connectivity index (χ3v) is 5.75. The Labute approximate surface area is 157 Å². The van der Waals surface area contributed by atoms with Crippen LogP contribution in [0.15, 0.2) is 48.5 Å². The van der Waals surface area contributed by atoms with Crippen LogP contribution in [0, 0.1) is 17.7 Å². The summed E-state index contributed by atoms with van der Waals surface area (Å²) < 4.78 is 19.0. The van der Waals surface area contributed by atoms with E-state index in [1.54, 1.807) is 0 Å². The van der Waals surface area contributed by atoms with Gasteiger partial charge in [-0.2, -0.15) is 0 Å². The average Bonchev–Trinajstić information content (AvgIpc) is 2.68. The van der Waals surface area contributed by atoms with Crippen molar-refractivity contribution >= 4 is 0 Å². The molecule has 2 aromatic rings. The zero-order valence-corrected chi connectivity index (χ0v) is 15.9. The summed E-state index contributed by atoms with van der Waals surface area (Å²) in [5.41, 5.74) is 2.11. The van der Waals surface area contributed by atoms with Gasteiger partial charge in [0.2, 0.25) is 0 Å². The Bertz CT molecular complexity index is 645. The molecule has 0 N–H and O–H groups in total. The van der Waals surface area contributed by atoms with E-state index in [4.69, 9.17) is 4.74 Å². The Morgan fingerprint density at radius 2 is 1.42 bits per heavy atom. The molecule has 2 atom stereocenters. The van der Waals surface area contributed by atoms with Crippen molar-refractivity contribution in [3.8, 4) is 16.9 Å². The molecule has 1 fully saturated rings. The SMILES string of the molecule is CCCC1CCCCC1CCCOc1ccc(-c2ccc(F)cc2)cc1. The predicted molar refractivity (Wildman–Crippen MR) is 107 cm³/mol. The number of rotatable bonds is 8. The van der Waals surface area contributed by atoms with E-state index in [0.717, 1.165) is 41.7 Å². The molecule has 0 bridgehead atoms. The molecule has 26 heavy (non-hydrogen) atoms. The molecule has 0 aromatic heterocycles. The molecule has 140 valence electrons. The fourth-order valence-electron chi connectivity index (χ4n) is 4.34. The van der Waals surface area contributed by atoms with Crippen LogP contribution in [0.3, 0.4) is 0 Å². The molecule has 1 saturated carbocycles. The minimum atomic E-state index is -0.201. The molecule has 1 aliphatic carbocycles. The van der Waals surface area contributed by atoms with E-state index >= 15 is 0 Å². The first-order valence-corrected chi connectivity index (χ1v) is 10.2. The summed E-state index contributed by atoms with van der Waals surface area (Å²) in [4.78, 5) is 0. The molecule has 3 rings (SSSR count). The summed E-state index contributed by atoms with van der Waals surface area (Å²) in [7, 11) is 0. The molecule has 2 unspecified atom stereocenters. The smallest absolute Gasteiger partial charge is 0.123 e. The van der Waals surface area contributed by atoms with Crippen LogP contribution in [0.1, 0.15) is 58.3 Å². The van der Waals surface area contributed by atoms with Crippen molar-refractivity contribution in [1.82, 2.24) is 0 Å². The second-order valence-corrected chi connectivity index (χ2v) is 7.62. The summed E-state index contributed by atoms with van der Waals surface area (Å²) in [5, 5.41) is 0. The summed E-state index contributed by atoms with van der Waals surface area (Å²) in [6, 6.07) is 14.7. The van der Waals surface area contributed by atoms with E-state index in [1.165, 1.54) is 57.1 Å². The maximum absolute atomic E-state index is 13.0. The van der Waals surface area contributed by atoms with Gasteiger partial charge in [0.05, 0.1) is 6.61 Å². The zero-order chi connectivity index (χ0) is 18.2. The molecule has 1 nitrogen and oxygen atoms in total. The van der Waals surface area contributed by atoms with Gasteiger partial charge in [0.25, 0.3) is 0 Å². The normalized spacial score (nSPS) is 20.1. The molecule has 2 aromatic carbocycles. The molecule has 1 aliphatic rings. The molecule has 0 heterocycles. The summed E-state index contributed by atoms with van der Waals surface area (Å²) in [6.45, 7) is 3.11. The maximum atomic E-state index is 13.0. The van der Waals surface area contributed by atoms with Gasteiger partial charge < -0.3 is 4.74 Å². The number of benzene rings is 2. The van der Waals surface area contributed by atoms with Gasteiger partial charge in [-0.05, 0) is 60.1 Å². The van der Waals surface area contributed by atoms with Gasteiger partial charge in [0, 0.05) is 0 Å². The van der Waals surface area contributed by atoms with Gasteiger partial charge in [-0.15, -0.1) is 0 Å². The minimum absolute atomic E-state index is 0.201. The minimum Gasteiger partial charge on any atom is -0.494 e. The lowest BCUT2D eigenvalue weighted by molar-refractivity contribution is 0.193. The molecule has 0 spiro atoms. The lowest BCUT2D eigenvalue weighted by Crippen LogP contribution is -2.20. The Kier molecular flexibility index (Phi) is 7.11. The van der Waals surface area contributed by atoms with Gasteiger partial charge in [-0.25, -0.2) is 4.39 Å².